The van der Waals surface area contributed by atoms with E-state index in [1.807, 2.05) is 0 Å². The molecule has 1 aliphatic rings. The molecule has 10 heavy (non-hydrogen) atoms. The lowest BCUT2D eigenvalue weighted by atomic mass is 10.5. The number of carbonyl (C=O) groups excluding carboxylic acids is 2. The first kappa shape index (κ1) is 7.54. The number of rotatable bonds is 3. The Morgan fingerprint density at radius 2 is 2.10 bits per heavy atom. The molecule has 0 amide bonds. The van der Waals surface area contributed by atoms with Crippen LogP contribution in [0.5, 0.6) is 0 Å². The summed E-state index contributed by atoms with van der Waals surface area (Å²) < 4.78 is 4.73. The first-order valence-corrected chi connectivity index (χ1v) is 3.44. The smallest absolute Gasteiger partial charge is 0.314 e. The Bertz CT molecular complexity index is 162. The van der Waals surface area contributed by atoms with E-state index in [1.165, 1.54) is 0 Å². The molecule has 1 rings (SSSR count). The van der Waals surface area contributed by atoms with Crippen LogP contribution in [0.3, 0.4) is 0 Å². The van der Waals surface area contributed by atoms with Crippen molar-refractivity contribution in [2.45, 2.75) is 25.4 Å². The minimum atomic E-state index is -0.661. The monoisotopic (exact) mass is 162 g/mol. The van der Waals surface area contributed by atoms with Gasteiger partial charge in [-0.3, -0.25) is 9.59 Å². The lowest BCUT2D eigenvalue weighted by Gasteiger charge is -1.97. The number of hydrogen-bond acceptors (Lipinski definition) is 3. The summed E-state index contributed by atoms with van der Waals surface area (Å²) in [4.78, 5) is 20.7. The maximum Gasteiger partial charge on any atom is 0.314 e. The molecule has 0 radical (unpaired) electrons. The van der Waals surface area contributed by atoms with E-state index in [0.29, 0.717) is 0 Å². The normalized spacial score (nSPS) is 16.5. The van der Waals surface area contributed by atoms with Crippen molar-refractivity contribution < 1.29 is 14.3 Å². The maximum absolute atomic E-state index is 10.6. The van der Waals surface area contributed by atoms with Crippen LogP contribution in [0, 0.1) is 0 Å². The summed E-state index contributed by atoms with van der Waals surface area (Å²) in [5.74, 6) is -0.512. The molecule has 0 aliphatic heterocycles. The molecule has 1 fully saturated rings. The SMILES string of the molecule is O=C(Cl)CC(=O)OC1CC1. The lowest BCUT2D eigenvalue weighted by molar-refractivity contribution is -0.146. The molecular weight excluding hydrogens is 156 g/mol. The highest BCUT2D eigenvalue weighted by Gasteiger charge is 2.26. The summed E-state index contributed by atoms with van der Waals surface area (Å²) in [6, 6.07) is 0. The topological polar surface area (TPSA) is 43.4 Å². The average Bonchev–Trinajstić information content (AvgIpc) is 2.46. The Morgan fingerprint density at radius 3 is 2.50 bits per heavy atom. The molecule has 1 aliphatic carbocycles. The molecule has 3 nitrogen and oxygen atoms in total. The summed E-state index contributed by atoms with van der Waals surface area (Å²) in [7, 11) is 0. The zero-order chi connectivity index (χ0) is 7.56. The van der Waals surface area contributed by atoms with Gasteiger partial charge in [0.05, 0.1) is 0 Å². The highest BCUT2D eigenvalue weighted by atomic mass is 35.5. The Kier molecular flexibility index (Phi) is 2.27. The van der Waals surface area contributed by atoms with Gasteiger partial charge in [-0.25, -0.2) is 0 Å². The van der Waals surface area contributed by atoms with Gasteiger partial charge in [-0.05, 0) is 24.4 Å². The molecule has 0 N–H and O–H groups in total. The van der Waals surface area contributed by atoms with E-state index in [2.05, 4.69) is 0 Å². The van der Waals surface area contributed by atoms with Crippen LogP contribution in [0.25, 0.3) is 0 Å². The molecular formula is C6H7ClO3. The molecule has 0 aromatic carbocycles. The summed E-state index contributed by atoms with van der Waals surface area (Å²) >= 11 is 4.94. The van der Waals surface area contributed by atoms with Crippen molar-refractivity contribution in [1.29, 1.82) is 0 Å². The van der Waals surface area contributed by atoms with E-state index in [-0.39, 0.29) is 12.5 Å². The zero-order valence-electron chi connectivity index (χ0n) is 5.30. The summed E-state index contributed by atoms with van der Waals surface area (Å²) in [5.41, 5.74) is 0. The highest BCUT2D eigenvalue weighted by molar-refractivity contribution is 6.64. The van der Waals surface area contributed by atoms with E-state index < -0.39 is 11.2 Å². The van der Waals surface area contributed by atoms with E-state index in [4.69, 9.17) is 16.3 Å². The lowest BCUT2D eigenvalue weighted by Crippen LogP contribution is -2.08. The molecule has 0 saturated heterocycles. The number of halogens is 1. The summed E-state index contributed by atoms with van der Waals surface area (Å²) in [6.07, 6.45) is 1.59. The number of hydrogen-bond donors (Lipinski definition) is 0. The molecule has 0 unspecified atom stereocenters. The number of carbonyl (C=O) groups is 2. The van der Waals surface area contributed by atoms with Crippen molar-refractivity contribution in [3.8, 4) is 0 Å². The highest BCUT2D eigenvalue weighted by Crippen LogP contribution is 2.23. The Hall–Kier alpha value is -0.570. The first-order chi connectivity index (χ1) is 4.68. The van der Waals surface area contributed by atoms with Crippen molar-refractivity contribution in [1.82, 2.24) is 0 Å². The molecule has 0 aromatic rings. The minimum absolute atomic E-state index is 0.0588. The second kappa shape index (κ2) is 3.01. The molecule has 0 spiro atoms. The van der Waals surface area contributed by atoms with Gasteiger partial charge in [-0.1, -0.05) is 0 Å². The molecule has 0 heterocycles. The van der Waals surface area contributed by atoms with Gasteiger partial charge in [0.15, 0.2) is 0 Å². The van der Waals surface area contributed by atoms with Crippen LogP contribution in [0.1, 0.15) is 19.3 Å². The van der Waals surface area contributed by atoms with E-state index in [1.54, 1.807) is 0 Å². The van der Waals surface area contributed by atoms with Crippen LogP contribution >= 0.6 is 11.6 Å². The van der Waals surface area contributed by atoms with Crippen LogP contribution in [-0.4, -0.2) is 17.3 Å². The standard InChI is InChI=1S/C6H7ClO3/c7-5(8)3-6(9)10-4-1-2-4/h4H,1-3H2. The molecule has 56 valence electrons. The van der Waals surface area contributed by atoms with E-state index in [0.717, 1.165) is 12.8 Å². The zero-order valence-corrected chi connectivity index (χ0v) is 6.06. The van der Waals surface area contributed by atoms with Crippen molar-refractivity contribution in [2.75, 3.05) is 0 Å². The van der Waals surface area contributed by atoms with Crippen LogP contribution < -0.4 is 0 Å². The van der Waals surface area contributed by atoms with Crippen molar-refractivity contribution in [2.24, 2.45) is 0 Å². The third kappa shape index (κ3) is 2.82. The Balaban J connectivity index is 2.14. The fourth-order valence-corrected chi connectivity index (χ4v) is 0.636. The fourth-order valence-electron chi connectivity index (χ4n) is 0.527. The number of ether oxygens (including phenoxy) is 1. The molecule has 1 saturated carbocycles. The van der Waals surface area contributed by atoms with Gasteiger partial charge in [-0.2, -0.15) is 0 Å². The van der Waals surface area contributed by atoms with E-state index in [9.17, 15) is 9.59 Å². The van der Waals surface area contributed by atoms with Crippen LogP contribution in [-0.2, 0) is 14.3 Å². The van der Waals surface area contributed by atoms with Crippen molar-refractivity contribution >= 4 is 22.8 Å². The number of esters is 1. The van der Waals surface area contributed by atoms with Gasteiger partial charge in [0.25, 0.3) is 0 Å². The predicted octanol–water partition coefficient (Wildman–Crippen LogP) is 0.847. The van der Waals surface area contributed by atoms with Gasteiger partial charge in [0, 0.05) is 0 Å². The Labute approximate surface area is 63.3 Å². The largest absolute Gasteiger partial charge is 0.462 e. The van der Waals surface area contributed by atoms with Gasteiger partial charge in [0.2, 0.25) is 5.24 Å². The summed E-state index contributed by atoms with van der Waals surface area (Å²) in [6.45, 7) is 0. The maximum atomic E-state index is 10.6. The van der Waals surface area contributed by atoms with E-state index >= 15 is 0 Å². The summed E-state index contributed by atoms with van der Waals surface area (Å²) in [5, 5.41) is -0.661. The van der Waals surface area contributed by atoms with Gasteiger partial charge < -0.3 is 4.74 Å². The van der Waals surface area contributed by atoms with Crippen molar-refractivity contribution in [3.05, 3.63) is 0 Å². The van der Waals surface area contributed by atoms with Crippen LogP contribution in [0.4, 0.5) is 0 Å². The van der Waals surface area contributed by atoms with Crippen molar-refractivity contribution in [3.63, 3.8) is 0 Å². The third-order valence-electron chi connectivity index (χ3n) is 1.11. The predicted molar refractivity (Wildman–Crippen MR) is 34.6 cm³/mol. The van der Waals surface area contributed by atoms with Crippen LogP contribution in [0.15, 0.2) is 0 Å². The van der Waals surface area contributed by atoms with Gasteiger partial charge >= 0.3 is 5.97 Å². The molecule has 0 atom stereocenters. The molecule has 0 aromatic heterocycles. The van der Waals surface area contributed by atoms with Gasteiger partial charge in [0.1, 0.15) is 12.5 Å². The second-order valence-corrected chi connectivity index (χ2v) is 2.64. The van der Waals surface area contributed by atoms with Gasteiger partial charge in [-0.15, -0.1) is 0 Å². The molecule has 4 heteroatoms. The fraction of sp³-hybridized carbons (Fsp3) is 0.667. The average molecular weight is 163 g/mol. The second-order valence-electron chi connectivity index (χ2n) is 2.22. The molecule has 0 bridgehead atoms. The Morgan fingerprint density at radius 1 is 1.50 bits per heavy atom. The quantitative estimate of drug-likeness (QED) is 0.351. The third-order valence-corrected chi connectivity index (χ3v) is 1.24. The minimum Gasteiger partial charge on any atom is -0.462 e. The first-order valence-electron chi connectivity index (χ1n) is 3.06. The van der Waals surface area contributed by atoms with Crippen LogP contribution in [0.2, 0.25) is 0 Å².